The van der Waals surface area contributed by atoms with Gasteiger partial charge in [-0.1, -0.05) is 29.8 Å². The molecule has 1 saturated heterocycles. The number of carbonyl (C=O) groups is 3. The highest BCUT2D eigenvalue weighted by molar-refractivity contribution is 6.31. The zero-order chi connectivity index (χ0) is 19.4. The standard InChI is InChI=1S/C20H19ClN2O4/c1-13-4-2-6-16(8-13)22-18(24)12-27-20(26)14-9-19(25)23(11-14)17-7-3-5-15(21)10-17/h2-8,10,14H,9,11-12H2,1H3,(H,22,24)/t14-/m1/s1. The number of amides is 2. The highest BCUT2D eigenvalue weighted by Gasteiger charge is 2.36. The van der Waals surface area contributed by atoms with Crippen molar-refractivity contribution in [2.24, 2.45) is 5.92 Å². The summed E-state index contributed by atoms with van der Waals surface area (Å²) in [5.41, 5.74) is 2.29. The Morgan fingerprint density at radius 2 is 2.00 bits per heavy atom. The molecule has 0 spiro atoms. The molecule has 0 saturated carbocycles. The lowest BCUT2D eigenvalue weighted by atomic mass is 10.1. The maximum atomic E-state index is 12.2. The molecule has 1 N–H and O–H groups in total. The van der Waals surface area contributed by atoms with E-state index in [-0.39, 0.29) is 18.9 Å². The van der Waals surface area contributed by atoms with Crippen molar-refractivity contribution in [3.63, 3.8) is 0 Å². The van der Waals surface area contributed by atoms with Crippen molar-refractivity contribution in [1.29, 1.82) is 0 Å². The molecule has 1 fully saturated rings. The normalized spacial score (nSPS) is 16.3. The highest BCUT2D eigenvalue weighted by Crippen LogP contribution is 2.27. The number of anilines is 2. The molecule has 6 nitrogen and oxygen atoms in total. The van der Waals surface area contributed by atoms with E-state index in [0.29, 0.717) is 16.4 Å². The Balaban J connectivity index is 1.52. The summed E-state index contributed by atoms with van der Waals surface area (Å²) in [6, 6.07) is 14.2. The molecular formula is C20H19ClN2O4. The first kappa shape index (κ1) is 18.9. The first-order chi connectivity index (χ1) is 12.9. The largest absolute Gasteiger partial charge is 0.455 e. The second-order valence-corrected chi connectivity index (χ2v) is 6.85. The van der Waals surface area contributed by atoms with Gasteiger partial charge in [0, 0.05) is 29.4 Å². The van der Waals surface area contributed by atoms with Crippen LogP contribution in [0.25, 0.3) is 0 Å². The smallest absolute Gasteiger partial charge is 0.311 e. The van der Waals surface area contributed by atoms with Crippen LogP contribution in [0.2, 0.25) is 5.02 Å². The Bertz CT molecular complexity index is 884. The van der Waals surface area contributed by atoms with E-state index in [0.717, 1.165) is 5.56 Å². The Hall–Kier alpha value is -2.86. The average Bonchev–Trinajstić information content (AvgIpc) is 3.01. The number of ether oxygens (including phenoxy) is 1. The van der Waals surface area contributed by atoms with E-state index in [1.165, 1.54) is 4.90 Å². The number of carbonyl (C=O) groups excluding carboxylic acids is 3. The lowest BCUT2D eigenvalue weighted by molar-refractivity contribution is -0.151. The van der Waals surface area contributed by atoms with Crippen LogP contribution in [0.5, 0.6) is 0 Å². The van der Waals surface area contributed by atoms with Gasteiger partial charge >= 0.3 is 5.97 Å². The predicted molar refractivity (Wildman–Crippen MR) is 103 cm³/mol. The summed E-state index contributed by atoms with van der Waals surface area (Å²) in [4.78, 5) is 37.9. The molecule has 1 heterocycles. The van der Waals surface area contributed by atoms with Gasteiger partial charge in [0.1, 0.15) is 0 Å². The Morgan fingerprint density at radius 3 is 2.74 bits per heavy atom. The third-order valence-electron chi connectivity index (χ3n) is 4.23. The molecule has 1 atom stereocenters. The first-order valence-electron chi connectivity index (χ1n) is 8.51. The van der Waals surface area contributed by atoms with Crippen molar-refractivity contribution in [3.05, 3.63) is 59.1 Å². The number of aryl methyl sites for hydroxylation is 1. The second kappa shape index (κ2) is 8.22. The van der Waals surface area contributed by atoms with Gasteiger partial charge in [-0.25, -0.2) is 0 Å². The van der Waals surface area contributed by atoms with Crippen molar-refractivity contribution in [3.8, 4) is 0 Å². The van der Waals surface area contributed by atoms with Crippen LogP contribution in [-0.4, -0.2) is 30.9 Å². The number of rotatable bonds is 5. The van der Waals surface area contributed by atoms with E-state index in [4.69, 9.17) is 16.3 Å². The van der Waals surface area contributed by atoms with E-state index in [9.17, 15) is 14.4 Å². The van der Waals surface area contributed by atoms with Gasteiger partial charge in [-0.2, -0.15) is 0 Å². The molecule has 2 amide bonds. The molecule has 3 rings (SSSR count). The number of nitrogens with zero attached hydrogens (tertiary/aromatic N) is 1. The average molecular weight is 387 g/mol. The summed E-state index contributed by atoms with van der Waals surface area (Å²) in [6.45, 7) is 1.73. The summed E-state index contributed by atoms with van der Waals surface area (Å²) < 4.78 is 5.09. The molecule has 2 aromatic rings. The number of benzene rings is 2. The third-order valence-corrected chi connectivity index (χ3v) is 4.46. The van der Waals surface area contributed by atoms with Crippen molar-refractivity contribution in [1.82, 2.24) is 0 Å². The summed E-state index contributed by atoms with van der Waals surface area (Å²) in [7, 11) is 0. The van der Waals surface area contributed by atoms with Gasteiger partial charge in [0.05, 0.1) is 5.92 Å². The molecule has 0 unspecified atom stereocenters. The second-order valence-electron chi connectivity index (χ2n) is 6.41. The van der Waals surface area contributed by atoms with Gasteiger partial charge in [-0.05, 0) is 42.8 Å². The van der Waals surface area contributed by atoms with Crippen LogP contribution in [0.15, 0.2) is 48.5 Å². The fourth-order valence-electron chi connectivity index (χ4n) is 2.93. The summed E-state index contributed by atoms with van der Waals surface area (Å²) in [5, 5.41) is 3.18. The monoisotopic (exact) mass is 386 g/mol. The van der Waals surface area contributed by atoms with Crippen LogP contribution in [0.1, 0.15) is 12.0 Å². The number of esters is 1. The molecule has 27 heavy (non-hydrogen) atoms. The fraction of sp³-hybridized carbons (Fsp3) is 0.250. The number of hydrogen-bond acceptors (Lipinski definition) is 4. The minimum Gasteiger partial charge on any atom is -0.455 e. The SMILES string of the molecule is Cc1cccc(NC(=O)COC(=O)[C@@H]2CC(=O)N(c3cccc(Cl)c3)C2)c1. The lowest BCUT2D eigenvalue weighted by Gasteiger charge is -2.16. The van der Waals surface area contributed by atoms with E-state index < -0.39 is 24.4 Å². The molecule has 0 bridgehead atoms. The topological polar surface area (TPSA) is 75.7 Å². The predicted octanol–water partition coefficient (Wildman–Crippen LogP) is 3.18. The van der Waals surface area contributed by atoms with Crippen molar-refractivity contribution >= 4 is 40.8 Å². The van der Waals surface area contributed by atoms with Crippen LogP contribution in [0.4, 0.5) is 11.4 Å². The number of halogens is 1. The molecule has 2 aromatic carbocycles. The van der Waals surface area contributed by atoms with Crippen LogP contribution >= 0.6 is 11.6 Å². The van der Waals surface area contributed by atoms with Crippen LogP contribution in [0, 0.1) is 12.8 Å². The van der Waals surface area contributed by atoms with Gasteiger partial charge in [-0.3, -0.25) is 14.4 Å². The molecule has 7 heteroatoms. The first-order valence-corrected chi connectivity index (χ1v) is 8.89. The fourth-order valence-corrected chi connectivity index (χ4v) is 3.12. The van der Waals surface area contributed by atoms with Gasteiger partial charge in [-0.15, -0.1) is 0 Å². The number of hydrogen-bond donors (Lipinski definition) is 1. The van der Waals surface area contributed by atoms with Crippen LogP contribution in [-0.2, 0) is 19.1 Å². The minimum atomic E-state index is -0.608. The van der Waals surface area contributed by atoms with Crippen molar-refractivity contribution in [2.75, 3.05) is 23.4 Å². The van der Waals surface area contributed by atoms with Gasteiger partial charge < -0.3 is 15.0 Å². The van der Waals surface area contributed by atoms with E-state index in [1.807, 2.05) is 25.1 Å². The maximum absolute atomic E-state index is 12.2. The molecule has 0 aromatic heterocycles. The molecule has 1 aliphatic rings. The zero-order valence-corrected chi connectivity index (χ0v) is 15.5. The summed E-state index contributed by atoms with van der Waals surface area (Å²) in [5.74, 6) is -1.77. The Labute approximate surface area is 162 Å². The van der Waals surface area contributed by atoms with Gasteiger partial charge in [0.25, 0.3) is 5.91 Å². The molecule has 140 valence electrons. The highest BCUT2D eigenvalue weighted by atomic mass is 35.5. The van der Waals surface area contributed by atoms with E-state index in [2.05, 4.69) is 5.32 Å². The maximum Gasteiger partial charge on any atom is 0.311 e. The zero-order valence-electron chi connectivity index (χ0n) is 14.8. The van der Waals surface area contributed by atoms with Crippen molar-refractivity contribution in [2.45, 2.75) is 13.3 Å². The Morgan fingerprint density at radius 1 is 1.22 bits per heavy atom. The van der Waals surface area contributed by atoms with Gasteiger partial charge in [0.2, 0.25) is 5.91 Å². The summed E-state index contributed by atoms with van der Waals surface area (Å²) >= 11 is 5.96. The molecular weight excluding hydrogens is 368 g/mol. The lowest BCUT2D eigenvalue weighted by Crippen LogP contribution is -2.28. The van der Waals surface area contributed by atoms with Crippen LogP contribution < -0.4 is 10.2 Å². The van der Waals surface area contributed by atoms with Crippen LogP contribution in [0.3, 0.4) is 0 Å². The molecule has 0 radical (unpaired) electrons. The molecule has 1 aliphatic heterocycles. The van der Waals surface area contributed by atoms with E-state index >= 15 is 0 Å². The quantitative estimate of drug-likeness (QED) is 0.801. The molecule has 0 aliphatic carbocycles. The van der Waals surface area contributed by atoms with E-state index in [1.54, 1.807) is 30.3 Å². The van der Waals surface area contributed by atoms with Crippen molar-refractivity contribution < 1.29 is 19.1 Å². The Kier molecular flexibility index (Phi) is 5.76. The summed E-state index contributed by atoms with van der Waals surface area (Å²) in [6.07, 6.45) is 0.0465. The van der Waals surface area contributed by atoms with Gasteiger partial charge in [0.15, 0.2) is 6.61 Å². The third kappa shape index (κ3) is 4.86. The number of nitrogens with one attached hydrogen (secondary N) is 1. The minimum absolute atomic E-state index is 0.0465.